The topological polar surface area (TPSA) is 22.4 Å². The number of hydrogen-bond donors (Lipinski definition) is 0. The third kappa shape index (κ3) is 3.55. The van der Waals surface area contributed by atoms with Crippen LogP contribution < -0.4 is 4.74 Å². The molecular formula is C37H24O2S. The normalized spacial score (nSPS) is 11.6. The van der Waals surface area contributed by atoms with Crippen LogP contribution >= 0.6 is 11.3 Å². The van der Waals surface area contributed by atoms with E-state index in [1.54, 1.807) is 18.4 Å². The van der Waals surface area contributed by atoms with E-state index in [4.69, 9.17) is 9.15 Å². The van der Waals surface area contributed by atoms with Gasteiger partial charge in [-0.15, -0.1) is 11.3 Å². The van der Waals surface area contributed by atoms with E-state index in [9.17, 15) is 0 Å². The summed E-state index contributed by atoms with van der Waals surface area (Å²) < 4.78 is 12.1. The van der Waals surface area contributed by atoms with Crippen molar-refractivity contribution in [3.05, 3.63) is 127 Å². The number of ether oxygens (including phenoxy) is 1. The van der Waals surface area contributed by atoms with Gasteiger partial charge in [-0.3, -0.25) is 0 Å². The second-order valence-corrected chi connectivity index (χ2v) is 11.0. The summed E-state index contributed by atoms with van der Waals surface area (Å²) in [5.41, 5.74) is 7.84. The van der Waals surface area contributed by atoms with Crippen LogP contribution in [-0.4, -0.2) is 7.11 Å². The van der Waals surface area contributed by atoms with Crippen LogP contribution in [0.25, 0.3) is 76.2 Å². The van der Waals surface area contributed by atoms with Crippen LogP contribution in [0, 0.1) is 0 Å². The number of fused-ring (bicyclic) bond motifs is 7. The van der Waals surface area contributed by atoms with Gasteiger partial charge in [0.25, 0.3) is 0 Å². The molecule has 3 heteroatoms. The predicted molar refractivity (Wildman–Crippen MR) is 169 cm³/mol. The first-order chi connectivity index (χ1) is 19.8. The number of hydrogen-bond acceptors (Lipinski definition) is 3. The summed E-state index contributed by atoms with van der Waals surface area (Å²) in [4.78, 5) is 1.25. The minimum atomic E-state index is 0.848. The molecule has 8 rings (SSSR count). The Morgan fingerprint density at radius 1 is 0.575 bits per heavy atom. The van der Waals surface area contributed by atoms with Crippen LogP contribution in [0.4, 0.5) is 0 Å². The zero-order valence-corrected chi connectivity index (χ0v) is 22.7. The minimum Gasteiger partial charge on any atom is -0.497 e. The Bertz CT molecular complexity index is 2170. The van der Waals surface area contributed by atoms with Gasteiger partial charge in [-0.2, -0.15) is 0 Å². The van der Waals surface area contributed by atoms with Gasteiger partial charge in [0, 0.05) is 26.6 Å². The molecule has 0 atom stereocenters. The maximum atomic E-state index is 6.63. The Morgan fingerprint density at radius 3 is 2.12 bits per heavy atom. The third-order valence-electron chi connectivity index (χ3n) is 7.87. The highest BCUT2D eigenvalue weighted by atomic mass is 32.1. The number of methoxy groups -OCH3 is 1. The van der Waals surface area contributed by atoms with Crippen molar-refractivity contribution in [2.75, 3.05) is 7.11 Å². The van der Waals surface area contributed by atoms with Gasteiger partial charge < -0.3 is 9.15 Å². The van der Waals surface area contributed by atoms with Gasteiger partial charge in [-0.1, -0.05) is 72.8 Å². The maximum absolute atomic E-state index is 6.63. The lowest BCUT2D eigenvalue weighted by Gasteiger charge is -2.16. The molecule has 0 N–H and O–H groups in total. The molecule has 0 saturated carbocycles. The van der Waals surface area contributed by atoms with Crippen molar-refractivity contribution in [1.82, 2.24) is 0 Å². The molecule has 190 valence electrons. The van der Waals surface area contributed by atoms with Crippen molar-refractivity contribution in [1.29, 1.82) is 0 Å². The summed E-state index contributed by atoms with van der Waals surface area (Å²) in [6.45, 7) is 0. The number of rotatable bonds is 4. The summed E-state index contributed by atoms with van der Waals surface area (Å²) in [5, 5.41) is 9.13. The highest BCUT2D eigenvalue weighted by Crippen LogP contribution is 2.45. The van der Waals surface area contributed by atoms with Gasteiger partial charge in [-0.25, -0.2) is 0 Å². The molecule has 2 aromatic heterocycles. The van der Waals surface area contributed by atoms with E-state index in [0.717, 1.165) is 38.6 Å². The first-order valence-electron chi connectivity index (χ1n) is 13.4. The van der Waals surface area contributed by atoms with E-state index in [1.807, 2.05) is 18.2 Å². The van der Waals surface area contributed by atoms with E-state index in [1.165, 1.54) is 43.3 Å². The number of thiophene rings is 1. The first kappa shape index (κ1) is 23.1. The number of benzene rings is 6. The van der Waals surface area contributed by atoms with E-state index in [-0.39, 0.29) is 0 Å². The average molecular weight is 533 g/mol. The largest absolute Gasteiger partial charge is 0.497 e. The summed E-state index contributed by atoms with van der Waals surface area (Å²) in [5.74, 6) is 0.848. The van der Waals surface area contributed by atoms with Gasteiger partial charge >= 0.3 is 0 Å². The van der Waals surface area contributed by atoms with Crippen molar-refractivity contribution in [3.8, 4) is 38.4 Å². The number of furan rings is 1. The molecule has 0 bridgehead atoms. The monoisotopic (exact) mass is 532 g/mol. The fraction of sp³-hybridized carbons (Fsp3) is 0.0270. The Balaban J connectivity index is 1.55. The lowest BCUT2D eigenvalue weighted by Crippen LogP contribution is -1.90. The summed E-state index contributed by atoms with van der Waals surface area (Å²) in [7, 11) is 1.70. The van der Waals surface area contributed by atoms with Crippen LogP contribution in [0.3, 0.4) is 0 Å². The van der Waals surface area contributed by atoms with Crippen LogP contribution in [0.15, 0.2) is 131 Å². The molecule has 2 heterocycles. The third-order valence-corrected chi connectivity index (χ3v) is 8.77. The van der Waals surface area contributed by atoms with Gasteiger partial charge in [0.15, 0.2) is 0 Å². The average Bonchev–Trinajstić information content (AvgIpc) is 3.69. The van der Waals surface area contributed by atoms with Crippen molar-refractivity contribution in [2.45, 2.75) is 0 Å². The summed E-state index contributed by atoms with van der Waals surface area (Å²) >= 11 is 1.77. The molecular weight excluding hydrogens is 508 g/mol. The second kappa shape index (κ2) is 9.11. The van der Waals surface area contributed by atoms with Crippen molar-refractivity contribution in [3.63, 3.8) is 0 Å². The zero-order chi connectivity index (χ0) is 26.6. The molecule has 40 heavy (non-hydrogen) atoms. The minimum absolute atomic E-state index is 0.848. The molecule has 0 aliphatic carbocycles. The zero-order valence-electron chi connectivity index (χ0n) is 21.8. The lowest BCUT2D eigenvalue weighted by atomic mass is 9.88. The van der Waals surface area contributed by atoms with Gasteiger partial charge in [0.1, 0.15) is 16.9 Å². The van der Waals surface area contributed by atoms with E-state index >= 15 is 0 Å². The fourth-order valence-corrected chi connectivity index (χ4v) is 6.72. The van der Waals surface area contributed by atoms with Gasteiger partial charge in [-0.05, 0) is 92.3 Å². The highest BCUT2D eigenvalue weighted by molar-refractivity contribution is 7.13. The Labute approximate surface area is 235 Å². The van der Waals surface area contributed by atoms with Crippen molar-refractivity contribution in [2.24, 2.45) is 0 Å². The molecule has 6 aromatic carbocycles. The predicted octanol–water partition coefficient (Wildman–Crippen LogP) is 11.0. The lowest BCUT2D eigenvalue weighted by molar-refractivity contribution is 0.415. The van der Waals surface area contributed by atoms with E-state index in [2.05, 4.69) is 109 Å². The molecule has 0 fully saturated rings. The molecule has 0 spiro atoms. The Morgan fingerprint density at radius 2 is 1.32 bits per heavy atom. The summed E-state index contributed by atoms with van der Waals surface area (Å²) in [6.07, 6.45) is 0. The maximum Gasteiger partial charge on any atom is 0.143 e. The fourth-order valence-electron chi connectivity index (χ4n) is 5.97. The van der Waals surface area contributed by atoms with Crippen LogP contribution in [0.1, 0.15) is 0 Å². The molecule has 8 aromatic rings. The molecule has 0 saturated heterocycles. The van der Waals surface area contributed by atoms with Gasteiger partial charge in [0.2, 0.25) is 0 Å². The Hall–Kier alpha value is -4.86. The van der Waals surface area contributed by atoms with Crippen molar-refractivity contribution < 1.29 is 9.15 Å². The standard InChI is InChI=1S/C37H24O2S/c1-38-26-15-13-24(14-16-26)30-20-25-21-31(23-8-3-2-4-9-23)33(35-12-7-19-40-35)22-32(25)36-28(30)17-18-29-27-10-5-6-11-34(27)39-37(29)36/h2-22H,1H3. The van der Waals surface area contributed by atoms with Crippen LogP contribution in [0.2, 0.25) is 0 Å². The van der Waals surface area contributed by atoms with Gasteiger partial charge in [0.05, 0.1) is 7.11 Å². The van der Waals surface area contributed by atoms with Crippen LogP contribution in [0.5, 0.6) is 5.75 Å². The molecule has 0 radical (unpaired) electrons. The quantitative estimate of drug-likeness (QED) is 0.210. The van der Waals surface area contributed by atoms with E-state index < -0.39 is 0 Å². The van der Waals surface area contributed by atoms with Crippen molar-refractivity contribution >= 4 is 54.8 Å². The van der Waals surface area contributed by atoms with E-state index in [0.29, 0.717) is 0 Å². The molecule has 0 aliphatic rings. The smallest absolute Gasteiger partial charge is 0.143 e. The molecule has 2 nitrogen and oxygen atoms in total. The molecule has 0 aliphatic heterocycles. The SMILES string of the molecule is COc1ccc(-c2cc3cc(-c4ccccc4)c(-c4cccs4)cc3c3c2ccc2c4ccccc4oc23)cc1. The number of para-hydroxylation sites is 1. The molecule has 0 amide bonds. The molecule has 0 unspecified atom stereocenters. The summed E-state index contributed by atoms with van der Waals surface area (Å²) in [6, 6.07) is 43.2. The first-order valence-corrected chi connectivity index (χ1v) is 14.2. The Kier molecular flexibility index (Phi) is 5.26. The second-order valence-electron chi connectivity index (χ2n) is 10.1. The highest BCUT2D eigenvalue weighted by Gasteiger charge is 2.19. The van der Waals surface area contributed by atoms with Crippen LogP contribution in [-0.2, 0) is 0 Å².